The fraction of sp³-hybridized carbons (Fsp3) is 0.0714. The maximum Gasteiger partial charge on any atom is 0.151 e. The van der Waals surface area contributed by atoms with Gasteiger partial charge >= 0.3 is 0 Å². The van der Waals surface area contributed by atoms with Crippen LogP contribution >= 0.6 is 0 Å². The number of ether oxygens (including phenoxy) is 1. The second kappa shape index (κ2) is 5.45. The van der Waals surface area contributed by atoms with Gasteiger partial charge in [0.2, 0.25) is 0 Å². The summed E-state index contributed by atoms with van der Waals surface area (Å²) in [5, 5.41) is 11.6. The Labute approximate surface area is 114 Å². The molecule has 0 fully saturated rings. The summed E-state index contributed by atoms with van der Waals surface area (Å²) < 4.78 is 32.6. The van der Waals surface area contributed by atoms with Gasteiger partial charge in [-0.2, -0.15) is 5.26 Å². The number of methoxy groups -OCH3 is 1. The van der Waals surface area contributed by atoms with Crippen LogP contribution in [0.1, 0.15) is 5.56 Å². The molecular formula is C14H11F2N3O. The number of rotatable bonds is 3. The van der Waals surface area contributed by atoms with Crippen molar-refractivity contribution in [3.05, 3.63) is 47.5 Å². The monoisotopic (exact) mass is 275 g/mol. The molecule has 0 heterocycles. The normalized spacial score (nSPS) is 9.90. The Morgan fingerprint density at radius 1 is 1.20 bits per heavy atom. The Morgan fingerprint density at radius 3 is 2.40 bits per heavy atom. The topological polar surface area (TPSA) is 71.1 Å². The zero-order valence-electron chi connectivity index (χ0n) is 10.6. The van der Waals surface area contributed by atoms with Crippen LogP contribution < -0.4 is 15.8 Å². The van der Waals surface area contributed by atoms with Crippen molar-refractivity contribution in [3.8, 4) is 11.8 Å². The number of halogens is 2. The Balaban J connectivity index is 2.53. The summed E-state index contributed by atoms with van der Waals surface area (Å²) in [6, 6.07) is 8.62. The fourth-order valence-corrected chi connectivity index (χ4v) is 1.76. The molecule has 0 amide bonds. The second-order valence-electron chi connectivity index (χ2n) is 3.98. The van der Waals surface area contributed by atoms with Crippen LogP contribution in [-0.2, 0) is 0 Å². The standard InChI is InChI=1S/C14H11F2N3O/c1-20-12-4-2-3-8(7-17)13(12)19-14-10(15)5-9(18)6-11(14)16/h2-6,19H,18H2,1H3. The van der Waals surface area contributed by atoms with E-state index in [4.69, 9.17) is 15.7 Å². The van der Waals surface area contributed by atoms with Gasteiger partial charge in [0.25, 0.3) is 0 Å². The fourth-order valence-electron chi connectivity index (χ4n) is 1.76. The van der Waals surface area contributed by atoms with Crippen LogP contribution in [0.5, 0.6) is 5.75 Å². The quantitative estimate of drug-likeness (QED) is 0.844. The van der Waals surface area contributed by atoms with Gasteiger partial charge in [-0.05, 0) is 24.3 Å². The summed E-state index contributed by atoms with van der Waals surface area (Å²) in [4.78, 5) is 0. The average molecular weight is 275 g/mol. The van der Waals surface area contributed by atoms with Crippen LogP contribution in [0.3, 0.4) is 0 Å². The molecule has 0 spiro atoms. The molecule has 0 aliphatic carbocycles. The summed E-state index contributed by atoms with van der Waals surface area (Å²) in [5.74, 6) is -1.39. The maximum atomic E-state index is 13.8. The smallest absolute Gasteiger partial charge is 0.151 e. The minimum atomic E-state index is -0.850. The van der Waals surface area contributed by atoms with Gasteiger partial charge in [-0.3, -0.25) is 0 Å². The molecule has 0 aliphatic rings. The lowest BCUT2D eigenvalue weighted by Crippen LogP contribution is -2.03. The van der Waals surface area contributed by atoms with Crippen LogP contribution in [-0.4, -0.2) is 7.11 Å². The van der Waals surface area contributed by atoms with E-state index < -0.39 is 11.6 Å². The zero-order valence-corrected chi connectivity index (χ0v) is 10.6. The molecule has 2 rings (SSSR count). The summed E-state index contributed by atoms with van der Waals surface area (Å²) in [6.07, 6.45) is 0. The molecule has 0 atom stereocenters. The zero-order chi connectivity index (χ0) is 14.7. The van der Waals surface area contributed by atoms with Crippen molar-refractivity contribution in [2.45, 2.75) is 0 Å². The maximum absolute atomic E-state index is 13.8. The molecule has 0 saturated heterocycles. The molecule has 0 saturated carbocycles. The summed E-state index contributed by atoms with van der Waals surface area (Å²) in [7, 11) is 1.40. The minimum absolute atomic E-state index is 0.0221. The van der Waals surface area contributed by atoms with E-state index in [0.717, 1.165) is 12.1 Å². The number of nitriles is 1. The van der Waals surface area contributed by atoms with Gasteiger partial charge in [0.1, 0.15) is 17.5 Å². The summed E-state index contributed by atoms with van der Waals surface area (Å²) in [6.45, 7) is 0. The third kappa shape index (κ3) is 2.47. The number of nitrogens with one attached hydrogen (secondary N) is 1. The van der Waals surface area contributed by atoms with E-state index in [9.17, 15) is 8.78 Å². The van der Waals surface area contributed by atoms with E-state index in [1.165, 1.54) is 13.2 Å². The van der Waals surface area contributed by atoms with Gasteiger partial charge in [0.05, 0.1) is 18.4 Å². The highest BCUT2D eigenvalue weighted by Gasteiger charge is 2.15. The van der Waals surface area contributed by atoms with E-state index in [2.05, 4.69) is 5.32 Å². The number of benzene rings is 2. The third-order valence-corrected chi connectivity index (χ3v) is 2.68. The minimum Gasteiger partial charge on any atom is -0.495 e. The van der Waals surface area contributed by atoms with Gasteiger partial charge < -0.3 is 15.8 Å². The first-order valence-electron chi connectivity index (χ1n) is 5.65. The number of hydrogen-bond acceptors (Lipinski definition) is 4. The molecule has 0 aromatic heterocycles. The molecule has 3 N–H and O–H groups in total. The van der Waals surface area contributed by atoms with Gasteiger partial charge in [0.15, 0.2) is 11.6 Å². The van der Waals surface area contributed by atoms with Crippen molar-refractivity contribution < 1.29 is 13.5 Å². The lowest BCUT2D eigenvalue weighted by atomic mass is 10.1. The average Bonchev–Trinajstić information content (AvgIpc) is 2.42. The van der Waals surface area contributed by atoms with E-state index in [1.54, 1.807) is 12.1 Å². The molecule has 20 heavy (non-hydrogen) atoms. The molecule has 0 aliphatic heterocycles. The number of anilines is 3. The first-order valence-corrected chi connectivity index (χ1v) is 5.65. The number of nitrogens with zero attached hydrogens (tertiary/aromatic N) is 1. The highest BCUT2D eigenvalue weighted by atomic mass is 19.1. The molecule has 6 heteroatoms. The number of nitrogens with two attached hydrogens (primary N) is 1. The molecule has 0 radical (unpaired) electrons. The predicted molar refractivity (Wildman–Crippen MR) is 71.8 cm³/mol. The van der Waals surface area contributed by atoms with Gasteiger partial charge in [-0.15, -0.1) is 0 Å². The SMILES string of the molecule is COc1cccc(C#N)c1Nc1c(F)cc(N)cc1F. The van der Waals surface area contributed by atoms with Crippen LogP contribution in [0.25, 0.3) is 0 Å². The largest absolute Gasteiger partial charge is 0.495 e. The molecule has 102 valence electrons. The highest BCUT2D eigenvalue weighted by Crippen LogP contribution is 2.33. The van der Waals surface area contributed by atoms with Gasteiger partial charge in [-0.1, -0.05) is 6.07 Å². The van der Waals surface area contributed by atoms with E-state index in [0.29, 0.717) is 5.75 Å². The highest BCUT2D eigenvalue weighted by molar-refractivity contribution is 5.74. The number of para-hydroxylation sites is 1. The Bertz CT molecular complexity index is 672. The predicted octanol–water partition coefficient (Wildman–Crippen LogP) is 3.17. The number of hydrogen-bond donors (Lipinski definition) is 2. The van der Waals surface area contributed by atoms with E-state index in [-0.39, 0.29) is 22.6 Å². The molecule has 2 aromatic rings. The summed E-state index contributed by atoms with van der Waals surface area (Å²) >= 11 is 0. The first kappa shape index (κ1) is 13.6. The van der Waals surface area contributed by atoms with Crippen molar-refractivity contribution in [3.63, 3.8) is 0 Å². The Hall–Kier alpha value is -2.81. The molecule has 2 aromatic carbocycles. The lowest BCUT2D eigenvalue weighted by molar-refractivity contribution is 0.416. The van der Waals surface area contributed by atoms with E-state index in [1.807, 2.05) is 6.07 Å². The Morgan fingerprint density at radius 2 is 1.85 bits per heavy atom. The number of nitrogen functional groups attached to an aromatic ring is 1. The van der Waals surface area contributed by atoms with E-state index >= 15 is 0 Å². The van der Waals surface area contributed by atoms with Gasteiger partial charge in [-0.25, -0.2) is 8.78 Å². The van der Waals surface area contributed by atoms with Crippen molar-refractivity contribution in [1.29, 1.82) is 5.26 Å². The second-order valence-corrected chi connectivity index (χ2v) is 3.98. The van der Waals surface area contributed by atoms with Crippen molar-refractivity contribution in [2.24, 2.45) is 0 Å². The van der Waals surface area contributed by atoms with Crippen LogP contribution in [0.2, 0.25) is 0 Å². The van der Waals surface area contributed by atoms with Crippen LogP contribution in [0.15, 0.2) is 30.3 Å². The molecule has 4 nitrogen and oxygen atoms in total. The van der Waals surface area contributed by atoms with Gasteiger partial charge in [0, 0.05) is 5.69 Å². The molecule has 0 unspecified atom stereocenters. The first-order chi connectivity index (χ1) is 9.56. The molecular weight excluding hydrogens is 264 g/mol. The lowest BCUT2D eigenvalue weighted by Gasteiger charge is -2.14. The van der Waals surface area contributed by atoms with Crippen molar-refractivity contribution >= 4 is 17.1 Å². The summed E-state index contributed by atoms with van der Waals surface area (Å²) in [5.41, 5.74) is 5.34. The van der Waals surface area contributed by atoms with Crippen LogP contribution in [0.4, 0.5) is 25.8 Å². The third-order valence-electron chi connectivity index (χ3n) is 2.68. The molecule has 0 bridgehead atoms. The van der Waals surface area contributed by atoms with Crippen molar-refractivity contribution in [1.82, 2.24) is 0 Å². The van der Waals surface area contributed by atoms with Crippen molar-refractivity contribution in [2.75, 3.05) is 18.2 Å². The Kier molecular flexibility index (Phi) is 3.71. The van der Waals surface area contributed by atoms with Crippen LogP contribution in [0, 0.1) is 23.0 Å².